The van der Waals surface area contributed by atoms with Gasteiger partial charge >= 0.3 is 0 Å². The lowest BCUT2D eigenvalue weighted by Crippen LogP contribution is -2.33. The largest absolute Gasteiger partial charge is 0.506 e. The summed E-state index contributed by atoms with van der Waals surface area (Å²) < 4.78 is 42.0. The van der Waals surface area contributed by atoms with Crippen molar-refractivity contribution in [2.75, 3.05) is 18.9 Å². The van der Waals surface area contributed by atoms with Crippen molar-refractivity contribution in [3.8, 4) is 29.5 Å². The summed E-state index contributed by atoms with van der Waals surface area (Å²) in [5.74, 6) is 2.55. The molecule has 2 atom stereocenters. The van der Waals surface area contributed by atoms with Gasteiger partial charge in [-0.1, -0.05) is 6.07 Å². The highest BCUT2D eigenvalue weighted by Gasteiger charge is 2.34. The average molecular weight is 554 g/mol. The molecule has 0 aliphatic rings. The second-order valence-electron chi connectivity index (χ2n) is 8.56. The number of aryl methyl sites for hydroxylation is 1. The minimum atomic E-state index is -4.18. The van der Waals surface area contributed by atoms with E-state index in [4.69, 9.17) is 21.6 Å². The Labute approximate surface area is 227 Å². The van der Waals surface area contributed by atoms with E-state index in [0.29, 0.717) is 22.5 Å². The summed E-state index contributed by atoms with van der Waals surface area (Å²) in [6, 6.07) is 4.61. The molecule has 2 heterocycles. The molecule has 206 valence electrons. The van der Waals surface area contributed by atoms with E-state index in [2.05, 4.69) is 30.8 Å². The van der Waals surface area contributed by atoms with Crippen molar-refractivity contribution in [3.63, 3.8) is 0 Å². The summed E-state index contributed by atoms with van der Waals surface area (Å²) in [6.07, 6.45) is 10.9. The van der Waals surface area contributed by atoms with Gasteiger partial charge in [0.25, 0.3) is 0 Å². The second kappa shape index (κ2) is 12.4. The molecule has 0 saturated carbocycles. The van der Waals surface area contributed by atoms with Crippen LogP contribution in [0.5, 0.6) is 11.5 Å². The van der Waals surface area contributed by atoms with Gasteiger partial charge in [-0.3, -0.25) is 19.3 Å². The Hall–Kier alpha value is -4.41. The van der Waals surface area contributed by atoms with E-state index in [1.807, 2.05) is 0 Å². The SMILES string of the molecule is C#CC/C(=C\C(C)=C/N)c1nnc(NS(=O)(=O)[C@@H](C)[C@H](OC)c2cnc(C)cn2)n1-c1c(O)cccc1OC. The van der Waals surface area contributed by atoms with Crippen LogP contribution in [0.3, 0.4) is 0 Å². The number of hydrogen-bond donors (Lipinski definition) is 3. The van der Waals surface area contributed by atoms with Crippen molar-refractivity contribution in [1.29, 1.82) is 0 Å². The van der Waals surface area contributed by atoms with Crippen LogP contribution in [0.1, 0.15) is 43.6 Å². The van der Waals surface area contributed by atoms with Crippen LogP contribution in [0, 0.1) is 19.3 Å². The van der Waals surface area contributed by atoms with Crippen molar-refractivity contribution >= 4 is 21.5 Å². The number of rotatable bonds is 11. The Morgan fingerprint density at radius 1 is 1.28 bits per heavy atom. The van der Waals surface area contributed by atoms with Gasteiger partial charge in [0.2, 0.25) is 16.0 Å². The zero-order chi connectivity index (χ0) is 28.7. The van der Waals surface area contributed by atoms with Crippen molar-refractivity contribution < 1.29 is 23.0 Å². The number of aromatic hydroxyl groups is 1. The van der Waals surface area contributed by atoms with E-state index in [9.17, 15) is 13.5 Å². The molecule has 0 aliphatic carbocycles. The zero-order valence-corrected chi connectivity index (χ0v) is 23.1. The molecule has 1 aromatic carbocycles. The molecule has 0 saturated heterocycles. The minimum Gasteiger partial charge on any atom is -0.506 e. The van der Waals surface area contributed by atoms with Gasteiger partial charge in [0, 0.05) is 25.3 Å². The van der Waals surface area contributed by atoms with Crippen molar-refractivity contribution in [2.24, 2.45) is 5.73 Å². The fourth-order valence-corrected chi connectivity index (χ4v) is 4.93. The Kier molecular flexibility index (Phi) is 9.29. The smallest absolute Gasteiger partial charge is 0.243 e. The molecule has 0 aliphatic heterocycles. The summed E-state index contributed by atoms with van der Waals surface area (Å²) in [7, 11) is -1.38. The maximum Gasteiger partial charge on any atom is 0.243 e. The van der Waals surface area contributed by atoms with E-state index in [0.717, 1.165) is 0 Å². The quantitative estimate of drug-likeness (QED) is 0.237. The van der Waals surface area contributed by atoms with Crippen LogP contribution in [0.4, 0.5) is 5.95 Å². The summed E-state index contributed by atoms with van der Waals surface area (Å²) in [6.45, 7) is 5.01. The molecule has 0 spiro atoms. The van der Waals surface area contributed by atoms with Crippen LogP contribution in [0.2, 0.25) is 0 Å². The first-order chi connectivity index (χ1) is 18.6. The number of ether oxygens (including phenoxy) is 2. The van der Waals surface area contributed by atoms with Crippen LogP contribution in [-0.2, 0) is 14.8 Å². The molecular weight excluding hydrogens is 522 g/mol. The molecule has 2 aromatic heterocycles. The van der Waals surface area contributed by atoms with Gasteiger partial charge in [0.1, 0.15) is 28.5 Å². The van der Waals surface area contributed by atoms with E-state index in [1.165, 1.54) is 50.4 Å². The maximum absolute atomic E-state index is 13.6. The maximum atomic E-state index is 13.6. The standard InChI is InChI=1S/C26H31N7O5S/c1-7-9-19(12-16(2)13-27)25-30-31-26(33(25)23-21(34)10-8-11-22(23)37-5)32-39(35,36)18(4)24(38-6)20-15-28-17(3)14-29-20/h1,8,10-15,18,24,34H,9,27H2,2-6H3,(H,31,32)/b16-13-,19-12+/t18-,24-/m0/s1. The van der Waals surface area contributed by atoms with Gasteiger partial charge in [-0.15, -0.1) is 22.5 Å². The number of benzene rings is 1. The zero-order valence-electron chi connectivity index (χ0n) is 22.3. The molecule has 3 rings (SSSR count). The molecule has 0 unspecified atom stereocenters. The van der Waals surface area contributed by atoms with Crippen molar-refractivity contribution in [3.05, 3.63) is 65.7 Å². The number of aromatic nitrogens is 5. The van der Waals surface area contributed by atoms with Crippen LogP contribution >= 0.6 is 0 Å². The summed E-state index contributed by atoms with van der Waals surface area (Å²) in [5, 5.41) is 18.0. The van der Waals surface area contributed by atoms with Crippen LogP contribution in [-0.4, -0.2) is 57.7 Å². The third-order valence-electron chi connectivity index (χ3n) is 5.82. The van der Waals surface area contributed by atoms with Crippen LogP contribution in [0.25, 0.3) is 11.3 Å². The van der Waals surface area contributed by atoms with Gasteiger partial charge in [0.05, 0.1) is 24.7 Å². The minimum absolute atomic E-state index is 0.107. The molecule has 3 aromatic rings. The fraction of sp³-hybridized carbons (Fsp3) is 0.308. The summed E-state index contributed by atoms with van der Waals surface area (Å²) >= 11 is 0. The number of phenolic OH excluding ortho intramolecular Hbond substituents is 1. The van der Waals surface area contributed by atoms with E-state index < -0.39 is 21.4 Å². The molecule has 13 heteroatoms. The van der Waals surface area contributed by atoms with Gasteiger partial charge < -0.3 is 20.3 Å². The van der Waals surface area contributed by atoms with Crippen LogP contribution in [0.15, 0.2) is 48.4 Å². The number of terminal acetylenes is 1. The number of sulfonamides is 1. The first kappa shape index (κ1) is 29.2. The third kappa shape index (κ3) is 6.36. The molecule has 0 radical (unpaired) electrons. The highest BCUT2D eigenvalue weighted by atomic mass is 32.2. The Balaban J connectivity index is 2.19. The molecule has 12 nitrogen and oxygen atoms in total. The highest BCUT2D eigenvalue weighted by molar-refractivity contribution is 7.93. The first-order valence-electron chi connectivity index (χ1n) is 11.8. The van der Waals surface area contributed by atoms with Crippen molar-refractivity contribution in [1.82, 2.24) is 24.7 Å². The summed E-state index contributed by atoms with van der Waals surface area (Å²) in [5.41, 5.74) is 7.96. The second-order valence-corrected chi connectivity index (χ2v) is 10.6. The molecule has 0 fully saturated rings. The number of phenols is 1. The first-order valence-corrected chi connectivity index (χ1v) is 13.3. The Morgan fingerprint density at radius 2 is 2.03 bits per heavy atom. The lowest BCUT2D eigenvalue weighted by molar-refractivity contribution is 0.0985. The predicted octanol–water partition coefficient (Wildman–Crippen LogP) is 2.87. The number of allylic oxidation sites excluding steroid dienone is 3. The lowest BCUT2D eigenvalue weighted by Gasteiger charge is -2.23. The van der Waals surface area contributed by atoms with Crippen molar-refractivity contribution in [2.45, 2.75) is 38.5 Å². The Morgan fingerprint density at radius 3 is 2.62 bits per heavy atom. The normalized spacial score (nSPS) is 13.9. The fourth-order valence-electron chi connectivity index (χ4n) is 3.78. The molecular formula is C26H31N7O5S. The number of nitrogens with two attached hydrogens (primary N) is 1. The van der Waals surface area contributed by atoms with Crippen LogP contribution < -0.4 is 15.2 Å². The molecule has 0 bridgehead atoms. The monoisotopic (exact) mass is 553 g/mol. The Bertz CT molecular complexity index is 1520. The molecule has 4 N–H and O–H groups in total. The number of para-hydroxylation sites is 1. The number of methoxy groups -OCH3 is 2. The van der Waals surface area contributed by atoms with Gasteiger partial charge in [-0.2, -0.15) is 0 Å². The van der Waals surface area contributed by atoms with E-state index in [1.54, 1.807) is 32.1 Å². The molecule has 39 heavy (non-hydrogen) atoms. The van der Waals surface area contributed by atoms with Gasteiger partial charge in [0.15, 0.2) is 5.82 Å². The topological polar surface area (TPSA) is 167 Å². The van der Waals surface area contributed by atoms with Gasteiger partial charge in [-0.25, -0.2) is 8.42 Å². The van der Waals surface area contributed by atoms with Gasteiger partial charge in [-0.05, 0) is 50.8 Å². The van der Waals surface area contributed by atoms with E-state index >= 15 is 0 Å². The number of nitrogens with zero attached hydrogens (tertiary/aromatic N) is 5. The third-order valence-corrected chi connectivity index (χ3v) is 7.52. The lowest BCUT2D eigenvalue weighted by atomic mass is 10.1. The average Bonchev–Trinajstić information content (AvgIpc) is 3.31. The molecule has 0 amide bonds. The summed E-state index contributed by atoms with van der Waals surface area (Å²) in [4.78, 5) is 8.46. The highest BCUT2D eigenvalue weighted by Crippen LogP contribution is 2.37. The number of nitrogens with one attached hydrogen (secondary N) is 1. The number of hydrogen-bond acceptors (Lipinski definition) is 10. The predicted molar refractivity (Wildman–Crippen MR) is 147 cm³/mol. The number of anilines is 1. The van der Waals surface area contributed by atoms with E-state index in [-0.39, 0.29) is 35.4 Å².